The molecule has 4 atom stereocenters. The summed E-state index contributed by atoms with van der Waals surface area (Å²) in [5, 5.41) is 22.2. The molecule has 2 N–H and O–H groups in total. The summed E-state index contributed by atoms with van der Waals surface area (Å²) in [6, 6.07) is -0.506. The van der Waals surface area contributed by atoms with E-state index in [2.05, 4.69) is 18.4 Å². The van der Waals surface area contributed by atoms with Gasteiger partial charge in [-0.15, -0.1) is 0 Å². The van der Waals surface area contributed by atoms with Gasteiger partial charge >= 0.3 is 0 Å². The van der Waals surface area contributed by atoms with Gasteiger partial charge in [0.25, 0.3) is 5.91 Å². The van der Waals surface area contributed by atoms with Gasteiger partial charge in [-0.3, -0.25) is 14.5 Å². The number of nitrogens with zero attached hydrogens (tertiary/aromatic N) is 2. The molecule has 0 aromatic heterocycles. The first-order chi connectivity index (χ1) is 12.9. The Labute approximate surface area is 161 Å². The van der Waals surface area contributed by atoms with Gasteiger partial charge in [0.2, 0.25) is 0 Å². The number of hydrogen-bond acceptors (Lipinski definition) is 6. The van der Waals surface area contributed by atoms with E-state index in [0.717, 1.165) is 37.3 Å². The predicted octanol–water partition coefficient (Wildman–Crippen LogP) is 1.57. The van der Waals surface area contributed by atoms with Crippen molar-refractivity contribution in [2.24, 2.45) is 5.92 Å². The highest BCUT2D eigenvalue weighted by atomic mass is 16.7. The highest BCUT2D eigenvalue weighted by Crippen LogP contribution is 2.45. The summed E-state index contributed by atoms with van der Waals surface area (Å²) < 4.78 is 6.14. The van der Waals surface area contributed by atoms with Crippen molar-refractivity contribution in [3.63, 3.8) is 0 Å². The lowest BCUT2D eigenvalue weighted by atomic mass is 9.79. The van der Waals surface area contributed by atoms with Crippen LogP contribution in [0, 0.1) is 5.92 Å². The van der Waals surface area contributed by atoms with Crippen LogP contribution in [-0.2, 0) is 14.4 Å². The minimum Gasteiger partial charge on any atom is -0.485 e. The minimum atomic E-state index is -1.23. The Balaban J connectivity index is 1.97. The molecular weight excluding hydrogens is 348 g/mol. The lowest BCUT2D eigenvalue weighted by Crippen LogP contribution is -2.61. The summed E-state index contributed by atoms with van der Waals surface area (Å²) in [6.45, 7) is 9.33. The van der Waals surface area contributed by atoms with Gasteiger partial charge in [0, 0.05) is 13.2 Å². The summed E-state index contributed by atoms with van der Waals surface area (Å²) in [5.74, 6) is 0.263. The summed E-state index contributed by atoms with van der Waals surface area (Å²) in [4.78, 5) is 20.3. The zero-order valence-corrected chi connectivity index (χ0v) is 16.6. The van der Waals surface area contributed by atoms with Crippen LogP contribution in [0.2, 0.25) is 0 Å². The van der Waals surface area contributed by atoms with E-state index in [-0.39, 0.29) is 18.4 Å². The standard InChI is InChI=1S/C20H32N2O5/c1-5-6-7-8-15-20(3,25)18(21-10-9-14(11-21)12-23)16-17(27-15)13(2)22(26-4)19(16)24/h14-15,18,23,25H,2,5-12H2,1,3-4H3/t14-,15+,18-,20+/m1/s1. The summed E-state index contributed by atoms with van der Waals surface area (Å²) in [7, 11) is 1.42. The van der Waals surface area contributed by atoms with Gasteiger partial charge in [-0.05, 0) is 38.6 Å². The van der Waals surface area contributed by atoms with Crippen LogP contribution in [0.5, 0.6) is 0 Å². The number of hydroxylamine groups is 2. The molecule has 3 heterocycles. The first-order valence-corrected chi connectivity index (χ1v) is 9.92. The highest BCUT2D eigenvalue weighted by molar-refractivity contribution is 6.00. The molecule has 1 saturated heterocycles. The fourth-order valence-corrected chi connectivity index (χ4v) is 4.60. The van der Waals surface area contributed by atoms with E-state index >= 15 is 0 Å². The van der Waals surface area contributed by atoms with E-state index in [9.17, 15) is 15.0 Å². The van der Waals surface area contributed by atoms with Crippen LogP contribution in [0.25, 0.3) is 0 Å². The fourth-order valence-electron chi connectivity index (χ4n) is 4.60. The summed E-state index contributed by atoms with van der Waals surface area (Å²) in [6.07, 6.45) is 4.21. The third-order valence-corrected chi connectivity index (χ3v) is 6.10. The van der Waals surface area contributed by atoms with Crippen LogP contribution in [-0.4, -0.2) is 70.6 Å². The number of rotatable bonds is 7. The zero-order valence-electron chi connectivity index (χ0n) is 16.6. The molecule has 0 aromatic rings. The summed E-state index contributed by atoms with van der Waals surface area (Å²) in [5.41, 5.74) is -0.426. The average Bonchev–Trinajstić information content (AvgIpc) is 3.19. The molecule has 1 fully saturated rings. The van der Waals surface area contributed by atoms with Crippen molar-refractivity contribution in [1.82, 2.24) is 9.96 Å². The highest BCUT2D eigenvalue weighted by Gasteiger charge is 2.57. The van der Waals surface area contributed by atoms with Gasteiger partial charge in [0.05, 0.1) is 18.7 Å². The van der Waals surface area contributed by atoms with Crippen LogP contribution in [0.15, 0.2) is 23.6 Å². The molecule has 1 amide bonds. The molecule has 3 rings (SSSR count). The number of carbonyl (C=O) groups is 1. The maximum Gasteiger partial charge on any atom is 0.283 e. The second-order valence-electron chi connectivity index (χ2n) is 8.03. The van der Waals surface area contributed by atoms with Gasteiger partial charge in [0.15, 0.2) is 5.76 Å². The second kappa shape index (κ2) is 7.91. The normalized spacial score (nSPS) is 34.4. The lowest BCUT2D eigenvalue weighted by Gasteiger charge is -2.47. The van der Waals surface area contributed by atoms with Crippen molar-refractivity contribution >= 4 is 5.91 Å². The number of aliphatic hydroxyl groups excluding tert-OH is 1. The molecule has 0 spiro atoms. The smallest absolute Gasteiger partial charge is 0.283 e. The molecule has 152 valence electrons. The molecule has 0 aromatic carbocycles. The van der Waals surface area contributed by atoms with Crippen molar-refractivity contribution in [1.29, 1.82) is 0 Å². The maximum atomic E-state index is 13.0. The third kappa shape index (κ3) is 3.42. The Hall–Kier alpha value is -1.41. The SMILES string of the molecule is C=C1C2=C(C(=O)N1OC)[C@@H](N1CC[C@@H](CO)C1)[C@@](C)(O)[C@H](CCCCC)O2. The number of aliphatic hydroxyl groups is 2. The number of hydrogen-bond donors (Lipinski definition) is 2. The van der Waals surface area contributed by atoms with Gasteiger partial charge < -0.3 is 14.9 Å². The second-order valence-corrected chi connectivity index (χ2v) is 8.03. The topological polar surface area (TPSA) is 82.5 Å². The first kappa shape index (κ1) is 20.3. The van der Waals surface area contributed by atoms with Gasteiger partial charge in [-0.1, -0.05) is 26.3 Å². The van der Waals surface area contributed by atoms with Crippen LogP contribution in [0.3, 0.4) is 0 Å². The van der Waals surface area contributed by atoms with E-state index in [4.69, 9.17) is 9.57 Å². The molecule has 0 unspecified atom stereocenters. The molecule has 27 heavy (non-hydrogen) atoms. The lowest BCUT2D eigenvalue weighted by molar-refractivity contribution is -0.159. The Morgan fingerprint density at radius 1 is 1.41 bits per heavy atom. The number of unbranched alkanes of at least 4 members (excludes halogenated alkanes) is 2. The van der Waals surface area contributed by atoms with Crippen molar-refractivity contribution in [2.45, 2.75) is 63.7 Å². The van der Waals surface area contributed by atoms with Crippen LogP contribution in [0.1, 0.15) is 46.0 Å². The van der Waals surface area contributed by atoms with Crippen molar-refractivity contribution in [2.75, 3.05) is 26.8 Å². The Kier molecular flexibility index (Phi) is 5.96. The van der Waals surface area contributed by atoms with Crippen molar-refractivity contribution in [3.8, 4) is 0 Å². The van der Waals surface area contributed by atoms with Crippen molar-refractivity contribution in [3.05, 3.63) is 23.6 Å². The van der Waals surface area contributed by atoms with Gasteiger partial charge in [-0.2, -0.15) is 5.06 Å². The number of amides is 1. The van der Waals surface area contributed by atoms with E-state index in [1.165, 1.54) is 7.11 Å². The molecule has 0 radical (unpaired) electrons. The van der Waals surface area contributed by atoms with Gasteiger partial charge in [-0.25, -0.2) is 0 Å². The van der Waals surface area contributed by atoms with E-state index in [1.54, 1.807) is 6.92 Å². The molecule has 7 nitrogen and oxygen atoms in total. The Morgan fingerprint density at radius 2 is 2.15 bits per heavy atom. The van der Waals surface area contributed by atoms with Crippen molar-refractivity contribution < 1.29 is 24.6 Å². The molecule has 3 aliphatic heterocycles. The molecule has 7 heteroatoms. The number of ether oxygens (including phenoxy) is 1. The largest absolute Gasteiger partial charge is 0.485 e. The molecule has 0 aliphatic carbocycles. The first-order valence-electron chi connectivity index (χ1n) is 9.92. The number of carbonyl (C=O) groups excluding carboxylic acids is 1. The third-order valence-electron chi connectivity index (χ3n) is 6.10. The number of likely N-dealkylation sites (tertiary alicyclic amines) is 1. The Bertz CT molecular complexity index is 630. The summed E-state index contributed by atoms with van der Waals surface area (Å²) >= 11 is 0. The van der Waals surface area contributed by atoms with E-state index in [0.29, 0.717) is 30.0 Å². The molecular formula is C20H32N2O5. The average molecular weight is 380 g/mol. The Morgan fingerprint density at radius 3 is 2.74 bits per heavy atom. The molecule has 3 aliphatic rings. The monoisotopic (exact) mass is 380 g/mol. The maximum absolute atomic E-state index is 13.0. The van der Waals surface area contributed by atoms with Crippen LogP contribution >= 0.6 is 0 Å². The van der Waals surface area contributed by atoms with E-state index in [1.807, 2.05) is 0 Å². The predicted molar refractivity (Wildman–Crippen MR) is 100 cm³/mol. The fraction of sp³-hybridized carbons (Fsp3) is 0.750. The minimum absolute atomic E-state index is 0.110. The van der Waals surface area contributed by atoms with Crippen LogP contribution < -0.4 is 0 Å². The van der Waals surface area contributed by atoms with E-state index < -0.39 is 17.7 Å². The van der Waals surface area contributed by atoms with Gasteiger partial charge in [0.1, 0.15) is 17.4 Å². The van der Waals surface area contributed by atoms with Crippen LogP contribution in [0.4, 0.5) is 0 Å². The molecule has 0 bridgehead atoms. The quantitative estimate of drug-likeness (QED) is 0.653. The zero-order chi connectivity index (χ0) is 19.8. The molecule has 0 saturated carbocycles.